The SMILES string of the molecule is [B]C([B])=C1/C(=C\C=C)C(C)(C)c2c(O)c([B])c([B])c(N(c3cc4c(c([B])c3[B])-c3ccccc3C4(C)C)c3c([B])c([B])cc4c3-c3cc([B])cc([B])c3C4(C)C)c21. The van der Waals surface area contributed by atoms with Gasteiger partial charge < -0.3 is 10.0 Å². The lowest BCUT2D eigenvalue weighted by molar-refractivity contribution is 0.460. The van der Waals surface area contributed by atoms with E-state index in [1.165, 1.54) is 0 Å². The summed E-state index contributed by atoms with van der Waals surface area (Å²) in [5, 5.41) is 12.0. The Labute approximate surface area is 350 Å². The van der Waals surface area contributed by atoms with Crippen LogP contribution in [0.1, 0.15) is 74.9 Å². The second-order valence-corrected chi connectivity index (χ2v) is 17.0. The molecule has 5 aromatic rings. The molecule has 3 aliphatic rings. The normalized spacial score (nSPS) is 16.8. The minimum Gasteiger partial charge on any atom is -0.508 e. The van der Waals surface area contributed by atoms with Gasteiger partial charge in [-0.3, -0.25) is 0 Å². The average molecular weight is 710 g/mol. The van der Waals surface area contributed by atoms with Gasteiger partial charge in [-0.05, 0) is 56.2 Å². The molecule has 0 amide bonds. The molecule has 0 aliphatic heterocycles. The van der Waals surface area contributed by atoms with Crippen LogP contribution >= 0.6 is 0 Å². The van der Waals surface area contributed by atoms with Crippen LogP contribution in [0.5, 0.6) is 5.75 Å². The van der Waals surface area contributed by atoms with Crippen LogP contribution in [0.3, 0.4) is 0 Å². The minimum absolute atomic E-state index is 0.0156. The first kappa shape index (κ1) is 39.4. The van der Waals surface area contributed by atoms with Gasteiger partial charge in [-0.15, -0.1) is 5.46 Å². The Hall–Kier alpha value is -4.43. The smallest absolute Gasteiger partial charge is 0.118 e. The van der Waals surface area contributed by atoms with Crippen molar-refractivity contribution in [1.29, 1.82) is 0 Å². The van der Waals surface area contributed by atoms with Crippen molar-refractivity contribution in [2.24, 2.45) is 0 Å². The maximum atomic E-state index is 12.0. The van der Waals surface area contributed by atoms with Crippen molar-refractivity contribution in [3.63, 3.8) is 0 Å². The van der Waals surface area contributed by atoms with E-state index in [0.29, 0.717) is 66.7 Å². The maximum absolute atomic E-state index is 12.0. The molecule has 0 heterocycles. The van der Waals surface area contributed by atoms with Crippen LogP contribution in [0.15, 0.2) is 78.2 Å². The molecule has 57 heavy (non-hydrogen) atoms. The number of anilines is 3. The predicted molar refractivity (Wildman–Crippen MR) is 251 cm³/mol. The van der Waals surface area contributed by atoms with Crippen LogP contribution < -0.4 is 48.6 Å². The molecule has 12 heteroatoms. The van der Waals surface area contributed by atoms with Crippen molar-refractivity contribution in [3.05, 3.63) is 112 Å². The average Bonchev–Trinajstić information content (AvgIpc) is 3.60. The van der Waals surface area contributed by atoms with Gasteiger partial charge >= 0.3 is 0 Å². The third-order valence-electron chi connectivity index (χ3n) is 12.7. The molecule has 2 nitrogen and oxygen atoms in total. The van der Waals surface area contributed by atoms with Crippen molar-refractivity contribution in [2.75, 3.05) is 4.90 Å². The quantitative estimate of drug-likeness (QED) is 0.284. The van der Waals surface area contributed by atoms with Crippen molar-refractivity contribution in [3.8, 4) is 28.0 Å². The molecule has 0 fully saturated rings. The van der Waals surface area contributed by atoms with E-state index < -0.39 is 16.2 Å². The van der Waals surface area contributed by atoms with Crippen LogP contribution in [0, 0.1) is 0 Å². The van der Waals surface area contributed by atoms with Crippen LogP contribution in [0.2, 0.25) is 0 Å². The van der Waals surface area contributed by atoms with Gasteiger partial charge in [-0.1, -0.05) is 141 Å². The van der Waals surface area contributed by atoms with E-state index in [9.17, 15) is 5.11 Å². The number of allylic oxidation sites excluding steroid dienone is 4. The fourth-order valence-electron chi connectivity index (χ4n) is 9.97. The number of hydrogen-bond acceptors (Lipinski definition) is 2. The monoisotopic (exact) mass is 711 g/mol. The third-order valence-corrected chi connectivity index (χ3v) is 12.7. The van der Waals surface area contributed by atoms with Gasteiger partial charge in [0.05, 0.1) is 15.7 Å². The van der Waals surface area contributed by atoms with Crippen molar-refractivity contribution in [1.82, 2.24) is 0 Å². The van der Waals surface area contributed by atoms with Crippen LogP contribution in [0.4, 0.5) is 17.1 Å². The van der Waals surface area contributed by atoms with Gasteiger partial charge in [-0.2, -0.15) is 5.37 Å². The lowest BCUT2D eigenvalue weighted by Gasteiger charge is -2.38. The van der Waals surface area contributed by atoms with E-state index in [1.54, 1.807) is 12.1 Å². The van der Waals surface area contributed by atoms with Crippen LogP contribution in [-0.4, -0.2) is 83.6 Å². The lowest BCUT2D eigenvalue weighted by atomic mass is 9.69. The second kappa shape index (κ2) is 12.8. The fraction of sp³-hybridized carbons (Fsp3) is 0.200. The second-order valence-electron chi connectivity index (χ2n) is 17.0. The fourth-order valence-corrected chi connectivity index (χ4v) is 9.97. The molecule has 0 saturated carbocycles. The highest BCUT2D eigenvalue weighted by molar-refractivity contribution is 6.57. The molecule has 0 atom stereocenters. The highest BCUT2D eigenvalue weighted by Crippen LogP contribution is 2.59. The van der Waals surface area contributed by atoms with E-state index in [2.05, 4.69) is 46.4 Å². The first-order valence-corrected chi connectivity index (χ1v) is 18.7. The number of phenolic OH excluding ortho intramolecular Hbond substituents is 1. The molecule has 5 aromatic carbocycles. The van der Waals surface area contributed by atoms with Gasteiger partial charge in [0, 0.05) is 50.0 Å². The number of aromatic hydroxyl groups is 1. The number of fused-ring (bicyclic) bond motifs is 7. The first-order chi connectivity index (χ1) is 26.6. The summed E-state index contributed by atoms with van der Waals surface area (Å²) in [7, 11) is 69.3. The zero-order valence-corrected chi connectivity index (χ0v) is 33.1. The Morgan fingerprint density at radius 2 is 1.25 bits per heavy atom. The van der Waals surface area contributed by atoms with E-state index in [1.807, 2.05) is 55.2 Å². The summed E-state index contributed by atoms with van der Waals surface area (Å²) in [6.07, 6.45) is 3.45. The van der Waals surface area contributed by atoms with E-state index in [4.69, 9.17) is 78.5 Å². The Balaban J connectivity index is 1.64. The van der Waals surface area contributed by atoms with Gasteiger partial charge in [0.2, 0.25) is 0 Å². The van der Waals surface area contributed by atoms with Gasteiger partial charge in [0.15, 0.2) is 0 Å². The molecule has 0 unspecified atom stereocenters. The van der Waals surface area contributed by atoms with Crippen LogP contribution in [-0.2, 0) is 16.2 Å². The molecule has 0 bridgehead atoms. The maximum Gasteiger partial charge on any atom is 0.118 e. The number of benzene rings is 5. The molecule has 8 rings (SSSR count). The summed E-state index contributed by atoms with van der Waals surface area (Å²) < 4.78 is 0. The number of rotatable bonds is 4. The number of hydrogen-bond donors (Lipinski definition) is 1. The van der Waals surface area contributed by atoms with Crippen molar-refractivity contribution < 1.29 is 5.11 Å². The molecular weight excluding hydrogens is 679 g/mol. The Bertz CT molecular complexity index is 2750. The third kappa shape index (κ3) is 5.10. The van der Waals surface area contributed by atoms with Crippen molar-refractivity contribution in [2.45, 2.75) is 57.8 Å². The predicted octanol–water partition coefficient (Wildman–Crippen LogP) is 1.23. The molecule has 0 spiro atoms. The largest absolute Gasteiger partial charge is 0.508 e. The highest BCUT2D eigenvalue weighted by atomic mass is 16.3. The number of nitrogens with zero attached hydrogens (tertiary/aromatic N) is 1. The summed E-state index contributed by atoms with van der Waals surface area (Å²) >= 11 is 0. The lowest BCUT2D eigenvalue weighted by Crippen LogP contribution is -2.42. The summed E-state index contributed by atoms with van der Waals surface area (Å²) in [5.41, 5.74) is 10.1. The summed E-state index contributed by atoms with van der Waals surface area (Å²) in [6.45, 7) is 16.3. The molecule has 3 aliphatic carbocycles. The summed E-state index contributed by atoms with van der Waals surface area (Å²) in [5.74, 6) is -0.210. The number of phenols is 1. The summed E-state index contributed by atoms with van der Waals surface area (Å²) in [6, 6.07) is 15.7. The van der Waals surface area contributed by atoms with Gasteiger partial charge in [-0.25, -0.2) is 0 Å². The summed E-state index contributed by atoms with van der Waals surface area (Å²) in [4.78, 5) is 1.86. The minimum atomic E-state index is -0.901. The molecular formula is C45H31B10NO. The molecule has 20 radical (unpaired) electrons. The van der Waals surface area contributed by atoms with Crippen LogP contribution in [0.25, 0.3) is 27.8 Å². The van der Waals surface area contributed by atoms with Gasteiger partial charge in [0.25, 0.3) is 0 Å². The molecule has 0 saturated heterocycles. The highest BCUT2D eigenvalue weighted by Gasteiger charge is 2.47. The van der Waals surface area contributed by atoms with E-state index in [-0.39, 0.29) is 33.0 Å². The van der Waals surface area contributed by atoms with Crippen molar-refractivity contribution >= 4 is 145 Å². The Morgan fingerprint density at radius 3 is 1.89 bits per heavy atom. The van der Waals surface area contributed by atoms with E-state index >= 15 is 0 Å². The zero-order valence-electron chi connectivity index (χ0n) is 33.1. The Morgan fingerprint density at radius 1 is 0.614 bits per heavy atom. The van der Waals surface area contributed by atoms with E-state index in [0.717, 1.165) is 38.9 Å². The van der Waals surface area contributed by atoms with Gasteiger partial charge in [0.1, 0.15) is 68.5 Å². The molecule has 1 N–H and O–H groups in total. The topological polar surface area (TPSA) is 23.5 Å². The molecule has 252 valence electrons. The zero-order chi connectivity index (χ0) is 41.6. The standard InChI is InChI=1S/C45H31B10NO/c1-8-11-22-30(42(54)55)31-33(44(22,4)5)41(57)38(53)37(52)40(31)56(27-17-24-28(36(51)35(27)50)19-12-9-10-13-21(19)43(24,2)3)39-29-20-14-18(46)15-25(47)32(20)45(6,7)23(29)16-26(48)34(39)49/h8-17,57H,1H2,2-7H3/b22-11+. The Kier molecular flexibility index (Phi) is 8.84. The first-order valence-electron chi connectivity index (χ1n) is 18.7. The molecule has 0 aromatic heterocycles.